The van der Waals surface area contributed by atoms with E-state index in [1.54, 1.807) is 60.7 Å². The molecule has 0 amide bonds. The van der Waals surface area contributed by atoms with Crippen molar-refractivity contribution in [2.24, 2.45) is 17.6 Å². The number of hydrogen-bond acceptors (Lipinski definition) is 13. The number of ketones is 1. The second-order valence-electron chi connectivity index (χ2n) is 16.5. The number of carboxylic acids is 2. The van der Waals surface area contributed by atoms with E-state index in [1.807, 2.05) is 32.0 Å². The van der Waals surface area contributed by atoms with Gasteiger partial charge in [0.25, 0.3) is 0 Å². The second kappa shape index (κ2) is 24.6. The third-order valence-corrected chi connectivity index (χ3v) is 12.4. The predicted octanol–water partition coefficient (Wildman–Crippen LogP) is 6.74. The Morgan fingerprint density at radius 1 is 0.623 bits per heavy atom. The van der Waals surface area contributed by atoms with Crippen molar-refractivity contribution >= 4 is 46.7 Å². The molecule has 2 aliphatic heterocycles. The highest BCUT2D eigenvalue weighted by molar-refractivity contribution is 7.80. The van der Waals surface area contributed by atoms with Gasteiger partial charge >= 0.3 is 23.9 Å². The number of Topliss-reactive ketones (excluding diaryl/α,β-unsaturated/α-hetero) is 1. The number of carbonyl (C=O) groups excluding carboxylic acids is 3. The number of thiocarbonyl (C=S) groups is 1. The molecule has 0 bridgehead atoms. The van der Waals surface area contributed by atoms with Gasteiger partial charge in [-0.1, -0.05) is 115 Å². The van der Waals surface area contributed by atoms with E-state index in [0.29, 0.717) is 28.0 Å². The maximum atomic E-state index is 14.7. The zero-order chi connectivity index (χ0) is 50.3. The smallest absolute Gasteiger partial charge is 0.349 e. The molecule has 5 aromatic rings. The van der Waals surface area contributed by atoms with Gasteiger partial charge in [0.2, 0.25) is 12.2 Å². The number of carbonyl (C=O) groups is 5. The van der Waals surface area contributed by atoms with Crippen LogP contribution in [0.1, 0.15) is 68.9 Å². The molecule has 6 N–H and O–H groups in total. The van der Waals surface area contributed by atoms with E-state index in [1.165, 1.54) is 60.7 Å². The lowest BCUT2D eigenvalue weighted by molar-refractivity contribution is -0.166. The van der Waals surface area contributed by atoms with E-state index in [4.69, 9.17) is 36.9 Å². The number of aliphatic carboxylic acids is 2. The van der Waals surface area contributed by atoms with Crippen LogP contribution in [-0.4, -0.2) is 106 Å². The number of halogens is 2. The van der Waals surface area contributed by atoms with Gasteiger partial charge in [-0.25, -0.2) is 28.0 Å². The van der Waals surface area contributed by atoms with Crippen molar-refractivity contribution in [1.82, 2.24) is 0 Å². The van der Waals surface area contributed by atoms with Crippen molar-refractivity contribution in [3.63, 3.8) is 0 Å². The Bertz CT molecular complexity index is 2480. The standard InChI is InChI=1S/C22H23FO3S.C18H14O8.C12H16FNO2/c1-15-19(13-24)22(14-26-15,18-9-5-6-10-20(18)23)12-17(27)11-21(25)16-7-3-2-4-8-16;19-15(20)13(25-17(23)11-7-3-1-4-8-11)14(16(21)22)26-18(24)12-9-5-2-6-10-12;1-8-10(6-15)12(14,7-16-8)9-4-2-3-5-11(9)13/h2-10,15,19,24H,11-14H2,1H3;1-10,13-14H,(H,19,20)(H,21,22);2-5,8,10,15H,6-7,14H2,1H3/t15-,19-,22+;13-,14-;8-,10-,12-/m101/s1. The molecule has 364 valence electrons. The highest BCUT2D eigenvalue weighted by Gasteiger charge is 2.51. The first-order valence-corrected chi connectivity index (χ1v) is 22.2. The third-order valence-electron chi connectivity index (χ3n) is 12.1. The van der Waals surface area contributed by atoms with Crippen LogP contribution in [0.4, 0.5) is 8.78 Å². The number of aliphatic hydroxyl groups excluding tert-OH is 2. The summed E-state index contributed by atoms with van der Waals surface area (Å²) in [5.41, 5.74) is 6.06. The summed E-state index contributed by atoms with van der Waals surface area (Å²) in [6, 6.07) is 36.8. The molecule has 69 heavy (non-hydrogen) atoms. The van der Waals surface area contributed by atoms with Crippen LogP contribution in [0.5, 0.6) is 0 Å². The van der Waals surface area contributed by atoms with Crippen LogP contribution >= 0.6 is 12.2 Å². The Kier molecular flexibility index (Phi) is 19.0. The van der Waals surface area contributed by atoms with Gasteiger partial charge in [0.1, 0.15) is 11.6 Å². The lowest BCUT2D eigenvalue weighted by atomic mass is 9.67. The second-order valence-corrected chi connectivity index (χ2v) is 17.1. The van der Waals surface area contributed by atoms with Gasteiger partial charge in [0.05, 0.1) is 48.7 Å². The zero-order valence-corrected chi connectivity index (χ0v) is 38.5. The molecular weight excluding hydrogens is 917 g/mol. The number of nitrogens with two attached hydrogens (primary N) is 1. The van der Waals surface area contributed by atoms with E-state index in [-0.39, 0.29) is 85.4 Å². The van der Waals surface area contributed by atoms with Crippen LogP contribution in [0.2, 0.25) is 0 Å². The van der Waals surface area contributed by atoms with Gasteiger partial charge in [-0.2, -0.15) is 0 Å². The Labute approximate surface area is 402 Å². The Hall–Kier alpha value is -6.60. The van der Waals surface area contributed by atoms with Gasteiger partial charge in [0.15, 0.2) is 5.78 Å². The van der Waals surface area contributed by atoms with Crippen molar-refractivity contribution in [1.29, 1.82) is 0 Å². The molecular formula is C52H53F2NO13S. The molecule has 0 radical (unpaired) electrons. The fourth-order valence-corrected chi connectivity index (χ4v) is 8.74. The van der Waals surface area contributed by atoms with Crippen molar-refractivity contribution in [2.45, 2.75) is 62.1 Å². The number of hydrogen-bond donors (Lipinski definition) is 5. The summed E-state index contributed by atoms with van der Waals surface area (Å²) in [5, 5.41) is 37.8. The van der Waals surface area contributed by atoms with Gasteiger partial charge in [-0.3, -0.25) is 4.79 Å². The first-order chi connectivity index (χ1) is 33.0. The van der Waals surface area contributed by atoms with E-state index in [0.717, 1.165) is 0 Å². The molecule has 2 aliphatic rings. The van der Waals surface area contributed by atoms with Gasteiger partial charge < -0.3 is 45.1 Å². The van der Waals surface area contributed by atoms with Crippen LogP contribution < -0.4 is 5.73 Å². The summed E-state index contributed by atoms with van der Waals surface area (Å²) >= 11 is 5.54. The van der Waals surface area contributed by atoms with E-state index in [2.05, 4.69) is 0 Å². The van der Waals surface area contributed by atoms with Gasteiger partial charge in [-0.15, -0.1) is 0 Å². The molecule has 17 heteroatoms. The summed E-state index contributed by atoms with van der Waals surface area (Å²) in [6.45, 7) is 3.98. The summed E-state index contributed by atoms with van der Waals surface area (Å²) in [5.74, 6) is -6.95. The quantitative estimate of drug-likeness (QED) is 0.0392. The minimum Gasteiger partial charge on any atom is -0.478 e. The molecule has 2 saturated heterocycles. The highest BCUT2D eigenvalue weighted by Crippen LogP contribution is 2.46. The minimum atomic E-state index is -2.21. The number of esters is 2. The average molecular weight is 970 g/mol. The average Bonchev–Trinajstić information content (AvgIpc) is 3.83. The molecule has 0 spiro atoms. The number of benzene rings is 5. The maximum absolute atomic E-state index is 14.7. The summed E-state index contributed by atoms with van der Waals surface area (Å²) in [7, 11) is 0. The van der Waals surface area contributed by atoms with Crippen molar-refractivity contribution in [3.05, 3.63) is 179 Å². The van der Waals surface area contributed by atoms with Crippen LogP contribution in [0, 0.1) is 23.5 Å². The molecule has 14 nitrogen and oxygen atoms in total. The van der Waals surface area contributed by atoms with Crippen molar-refractivity contribution in [3.8, 4) is 0 Å². The lowest BCUT2D eigenvalue weighted by Crippen LogP contribution is -2.47. The number of carboxylic acid groups (broad SMARTS) is 2. The number of rotatable bonds is 16. The van der Waals surface area contributed by atoms with E-state index >= 15 is 0 Å². The predicted molar refractivity (Wildman–Crippen MR) is 251 cm³/mol. The molecule has 7 rings (SSSR count). The summed E-state index contributed by atoms with van der Waals surface area (Å²) in [4.78, 5) is 59.9. The van der Waals surface area contributed by atoms with Crippen LogP contribution in [0.3, 0.4) is 0 Å². The van der Waals surface area contributed by atoms with Crippen LogP contribution in [0.25, 0.3) is 0 Å². The van der Waals surface area contributed by atoms with Gasteiger partial charge in [0, 0.05) is 46.3 Å². The molecule has 0 aromatic heterocycles. The molecule has 0 saturated carbocycles. The van der Waals surface area contributed by atoms with Crippen LogP contribution in [-0.2, 0) is 39.5 Å². The number of ether oxygens (including phenoxy) is 4. The third kappa shape index (κ3) is 13.1. The summed E-state index contributed by atoms with van der Waals surface area (Å²) < 4.78 is 49.1. The fraction of sp³-hybridized carbons (Fsp3) is 0.308. The first kappa shape index (κ1) is 53.4. The maximum Gasteiger partial charge on any atom is 0.349 e. The molecule has 2 fully saturated rings. The fourth-order valence-electron chi connectivity index (χ4n) is 8.35. The van der Waals surface area contributed by atoms with Crippen LogP contribution in [0.15, 0.2) is 140 Å². The monoisotopic (exact) mass is 969 g/mol. The highest BCUT2D eigenvalue weighted by atomic mass is 32.1. The molecule has 2 heterocycles. The number of aliphatic hydroxyl groups is 2. The SMILES string of the molecule is C[C@H]1OC[C@@](CC(=S)CC(=O)c2ccccc2)(c2ccccc2F)[C@@H]1CO.C[C@H]1OC[C@@](N)(c2ccccc2F)[C@@H]1CO.O=C(O[C@H](C(=O)O)[C@H](OC(=O)c1ccccc1)C(=O)O)c1ccccc1. The Morgan fingerprint density at radius 3 is 1.45 bits per heavy atom. The normalized spacial score (nSPS) is 22.3. The van der Waals surface area contributed by atoms with Crippen molar-refractivity contribution in [2.75, 3.05) is 26.4 Å². The minimum absolute atomic E-state index is 0.0253. The molecule has 0 unspecified atom stereocenters. The Morgan fingerprint density at radius 2 is 1.01 bits per heavy atom. The first-order valence-electron chi connectivity index (χ1n) is 21.8. The van der Waals surface area contributed by atoms with E-state index < -0.39 is 47.0 Å². The lowest BCUT2D eigenvalue weighted by Gasteiger charge is -2.35. The summed E-state index contributed by atoms with van der Waals surface area (Å²) in [6.07, 6.45) is -4.38. The molecule has 0 aliphatic carbocycles. The molecule has 5 aromatic carbocycles. The largest absolute Gasteiger partial charge is 0.478 e. The molecule has 8 atom stereocenters. The van der Waals surface area contributed by atoms with Gasteiger partial charge in [-0.05, 0) is 62.2 Å². The zero-order valence-electron chi connectivity index (χ0n) is 37.7. The Balaban J connectivity index is 0.000000199. The van der Waals surface area contributed by atoms with E-state index in [9.17, 15) is 53.2 Å². The topological polar surface area (TPSA) is 229 Å². The van der Waals surface area contributed by atoms with Crippen molar-refractivity contribution < 1.29 is 72.1 Å².